The van der Waals surface area contributed by atoms with Gasteiger partial charge in [0.1, 0.15) is 5.82 Å². The average Bonchev–Trinajstić information content (AvgIpc) is 2.82. The summed E-state index contributed by atoms with van der Waals surface area (Å²) in [6, 6.07) is 22.2. The Bertz CT molecular complexity index is 1210. The first kappa shape index (κ1) is 24.9. The Hall–Kier alpha value is -2.25. The molecule has 0 aromatic heterocycles. The predicted molar refractivity (Wildman–Crippen MR) is 136 cm³/mol. The fourth-order valence-electron chi connectivity index (χ4n) is 4.62. The highest BCUT2D eigenvalue weighted by Crippen LogP contribution is 2.32. The molecule has 4 nitrogen and oxygen atoms in total. The topological polar surface area (TPSA) is 40.6 Å². The molecule has 0 saturated carbocycles. The van der Waals surface area contributed by atoms with Gasteiger partial charge in [-0.15, -0.1) is 0 Å². The molecule has 3 aromatic carbocycles. The second-order valence-corrected chi connectivity index (χ2v) is 11.4. The maximum Gasteiger partial charge on any atom is 0.211 e. The Morgan fingerprint density at radius 1 is 0.912 bits per heavy atom. The molecule has 0 atom stereocenters. The molecule has 0 N–H and O–H groups in total. The van der Waals surface area contributed by atoms with E-state index in [1.165, 1.54) is 28.3 Å². The fourth-order valence-corrected chi connectivity index (χ4v) is 5.57. The van der Waals surface area contributed by atoms with Crippen LogP contribution in [0.2, 0.25) is 5.02 Å². The number of hydrogen-bond donors (Lipinski definition) is 0. The third kappa shape index (κ3) is 6.45. The quantitative estimate of drug-likeness (QED) is 0.391. The van der Waals surface area contributed by atoms with Crippen molar-refractivity contribution < 1.29 is 12.8 Å². The van der Waals surface area contributed by atoms with E-state index in [2.05, 4.69) is 11.0 Å². The molecule has 0 radical (unpaired) electrons. The lowest BCUT2D eigenvalue weighted by Crippen LogP contribution is -2.33. The van der Waals surface area contributed by atoms with Gasteiger partial charge in [0.25, 0.3) is 0 Å². The highest BCUT2D eigenvalue weighted by molar-refractivity contribution is 7.88. The lowest BCUT2D eigenvalue weighted by molar-refractivity contribution is 0.204. The van der Waals surface area contributed by atoms with Crippen molar-refractivity contribution in [1.29, 1.82) is 0 Å². The second-order valence-electron chi connectivity index (χ2n) is 9.00. The van der Waals surface area contributed by atoms with Gasteiger partial charge in [0.05, 0.1) is 6.26 Å². The summed E-state index contributed by atoms with van der Waals surface area (Å²) < 4.78 is 39.9. The van der Waals surface area contributed by atoms with Crippen molar-refractivity contribution in [2.75, 3.05) is 19.3 Å². The molecule has 0 amide bonds. The van der Waals surface area contributed by atoms with Crippen molar-refractivity contribution >= 4 is 21.6 Å². The third-order valence-electron chi connectivity index (χ3n) is 6.52. The van der Waals surface area contributed by atoms with Crippen molar-refractivity contribution in [1.82, 2.24) is 9.21 Å². The molecule has 1 heterocycles. The average molecular weight is 501 g/mol. The standard InChI is InChI=1S/C27H30ClFN2O2S/c1-34(32,33)31(20-24-7-3-5-9-27(24)28)19-23-6-2-4-8-26(23)22-14-16-30(17-15-22)18-21-10-12-25(29)13-11-21/h2-13,22H,14-20H2,1H3. The van der Waals surface area contributed by atoms with Crippen LogP contribution < -0.4 is 0 Å². The molecule has 0 aliphatic carbocycles. The smallest absolute Gasteiger partial charge is 0.211 e. The van der Waals surface area contributed by atoms with E-state index in [4.69, 9.17) is 11.6 Å². The predicted octanol–water partition coefficient (Wildman–Crippen LogP) is 5.82. The first-order valence-electron chi connectivity index (χ1n) is 11.5. The van der Waals surface area contributed by atoms with Crippen LogP contribution in [0.25, 0.3) is 0 Å². The highest BCUT2D eigenvalue weighted by Gasteiger charge is 2.25. The van der Waals surface area contributed by atoms with Gasteiger partial charge < -0.3 is 0 Å². The molecule has 4 rings (SSSR count). The monoisotopic (exact) mass is 500 g/mol. The van der Waals surface area contributed by atoms with Crippen molar-refractivity contribution in [2.24, 2.45) is 0 Å². The Balaban J connectivity index is 1.46. The van der Waals surface area contributed by atoms with Crippen LogP contribution in [-0.2, 0) is 29.7 Å². The third-order valence-corrected chi connectivity index (χ3v) is 8.09. The number of sulfonamides is 1. The van der Waals surface area contributed by atoms with Crippen LogP contribution >= 0.6 is 11.6 Å². The van der Waals surface area contributed by atoms with Gasteiger partial charge in [0, 0.05) is 24.7 Å². The summed E-state index contributed by atoms with van der Waals surface area (Å²) in [6.07, 6.45) is 3.25. The van der Waals surface area contributed by atoms with Gasteiger partial charge in [-0.25, -0.2) is 12.8 Å². The Morgan fingerprint density at radius 3 is 2.15 bits per heavy atom. The number of halogens is 2. The summed E-state index contributed by atoms with van der Waals surface area (Å²) in [5.74, 6) is 0.166. The Kier molecular flexibility index (Phi) is 8.04. The minimum Gasteiger partial charge on any atom is -0.299 e. The van der Waals surface area contributed by atoms with Crippen molar-refractivity contribution in [2.45, 2.75) is 38.4 Å². The summed E-state index contributed by atoms with van der Waals surface area (Å²) in [5.41, 5.74) is 4.17. The number of benzene rings is 3. The molecule has 0 spiro atoms. The Labute approximate surface area is 207 Å². The van der Waals surface area contributed by atoms with Crippen LogP contribution in [0.3, 0.4) is 0 Å². The summed E-state index contributed by atoms with van der Waals surface area (Å²) in [5, 5.41) is 0.568. The number of hydrogen-bond acceptors (Lipinski definition) is 3. The Morgan fingerprint density at radius 2 is 1.50 bits per heavy atom. The maximum absolute atomic E-state index is 13.2. The van der Waals surface area contributed by atoms with E-state index in [1.54, 1.807) is 6.07 Å². The lowest BCUT2D eigenvalue weighted by Gasteiger charge is -2.33. The second kappa shape index (κ2) is 11.0. The van der Waals surface area contributed by atoms with Crippen LogP contribution in [-0.4, -0.2) is 37.0 Å². The molecule has 1 saturated heterocycles. The zero-order chi connectivity index (χ0) is 24.1. The van der Waals surface area contributed by atoms with E-state index in [-0.39, 0.29) is 12.4 Å². The van der Waals surface area contributed by atoms with Crippen LogP contribution in [0, 0.1) is 5.82 Å². The minimum absolute atomic E-state index is 0.211. The van der Waals surface area contributed by atoms with Crippen molar-refractivity contribution in [3.8, 4) is 0 Å². The van der Waals surface area contributed by atoms with Crippen molar-refractivity contribution in [3.05, 3.63) is 106 Å². The van der Waals surface area contributed by atoms with E-state index >= 15 is 0 Å². The molecule has 0 unspecified atom stereocenters. The number of likely N-dealkylation sites (tertiary alicyclic amines) is 1. The van der Waals surface area contributed by atoms with Crippen LogP contribution in [0.1, 0.15) is 41.0 Å². The van der Waals surface area contributed by atoms with Crippen LogP contribution in [0.15, 0.2) is 72.8 Å². The number of nitrogens with zero attached hydrogens (tertiary/aromatic N) is 2. The van der Waals surface area contributed by atoms with Gasteiger partial charge >= 0.3 is 0 Å². The molecular formula is C27H30ClFN2O2S. The van der Waals surface area contributed by atoms with Gasteiger partial charge in [-0.05, 0) is 72.3 Å². The zero-order valence-corrected chi connectivity index (χ0v) is 20.9. The maximum atomic E-state index is 13.2. The lowest BCUT2D eigenvalue weighted by atomic mass is 9.86. The van der Waals surface area contributed by atoms with E-state index in [1.807, 2.05) is 48.5 Å². The van der Waals surface area contributed by atoms with Crippen LogP contribution in [0.5, 0.6) is 0 Å². The summed E-state index contributed by atoms with van der Waals surface area (Å²) in [6.45, 7) is 3.27. The number of rotatable bonds is 8. The van der Waals surface area contributed by atoms with Crippen molar-refractivity contribution in [3.63, 3.8) is 0 Å². The highest BCUT2D eigenvalue weighted by atomic mass is 35.5. The summed E-state index contributed by atoms with van der Waals surface area (Å²) in [7, 11) is -3.43. The molecule has 34 heavy (non-hydrogen) atoms. The molecule has 1 fully saturated rings. The zero-order valence-electron chi connectivity index (χ0n) is 19.3. The first-order chi connectivity index (χ1) is 16.3. The SMILES string of the molecule is CS(=O)(=O)N(Cc1ccccc1Cl)Cc1ccccc1C1CCN(Cc2ccc(F)cc2)CC1. The molecule has 7 heteroatoms. The van der Waals surface area contributed by atoms with Gasteiger partial charge in [-0.3, -0.25) is 4.90 Å². The van der Waals surface area contributed by atoms with E-state index < -0.39 is 10.0 Å². The largest absolute Gasteiger partial charge is 0.299 e. The van der Waals surface area contributed by atoms with Gasteiger partial charge in [-0.2, -0.15) is 4.31 Å². The normalized spacial score (nSPS) is 15.6. The molecular weight excluding hydrogens is 471 g/mol. The molecule has 1 aliphatic heterocycles. The molecule has 0 bridgehead atoms. The van der Waals surface area contributed by atoms with Crippen LogP contribution in [0.4, 0.5) is 4.39 Å². The van der Waals surface area contributed by atoms with Gasteiger partial charge in [0.15, 0.2) is 0 Å². The first-order valence-corrected chi connectivity index (χ1v) is 13.8. The summed E-state index contributed by atoms with van der Waals surface area (Å²) >= 11 is 6.31. The van der Waals surface area contributed by atoms with E-state index in [0.29, 0.717) is 17.5 Å². The van der Waals surface area contributed by atoms with Gasteiger partial charge in [-0.1, -0.05) is 66.2 Å². The fraction of sp³-hybridized carbons (Fsp3) is 0.333. The van der Waals surface area contributed by atoms with E-state index in [0.717, 1.165) is 49.2 Å². The minimum atomic E-state index is -3.43. The van der Waals surface area contributed by atoms with E-state index in [9.17, 15) is 12.8 Å². The van der Waals surface area contributed by atoms with Gasteiger partial charge in [0.2, 0.25) is 10.0 Å². The summed E-state index contributed by atoms with van der Waals surface area (Å²) in [4.78, 5) is 2.40. The molecule has 1 aliphatic rings. The molecule has 180 valence electrons. The number of piperidine rings is 1. The molecule has 3 aromatic rings.